The van der Waals surface area contributed by atoms with Gasteiger partial charge in [0.15, 0.2) is 0 Å². The van der Waals surface area contributed by atoms with Gasteiger partial charge in [0.1, 0.15) is 0 Å². The molecule has 0 fully saturated rings. The van der Waals surface area contributed by atoms with Gasteiger partial charge >= 0.3 is 0 Å². The molecule has 4 rings (SSSR count). The maximum absolute atomic E-state index is 2.49. The fraction of sp³-hybridized carbons (Fsp3) is 0.407. The van der Waals surface area contributed by atoms with Crippen LogP contribution in [-0.4, -0.2) is 0 Å². The lowest BCUT2D eigenvalue weighted by atomic mass is 9.81. The average molecular weight is 357 g/mol. The molecule has 0 saturated carbocycles. The summed E-state index contributed by atoms with van der Waals surface area (Å²) in [5, 5.41) is 0. The minimum absolute atomic E-state index is 0.180. The second-order valence-electron chi connectivity index (χ2n) is 10.3. The highest BCUT2D eigenvalue weighted by atomic mass is 14.4. The molecule has 2 aromatic carbocycles. The highest BCUT2D eigenvalue weighted by Crippen LogP contribution is 2.50. The lowest BCUT2D eigenvalue weighted by molar-refractivity contribution is 0.587. The zero-order valence-corrected chi connectivity index (χ0v) is 17.7. The van der Waals surface area contributed by atoms with E-state index in [0.717, 1.165) is 12.8 Å². The van der Waals surface area contributed by atoms with Crippen LogP contribution in [0.1, 0.15) is 82.6 Å². The Morgan fingerprint density at radius 3 is 1.70 bits per heavy atom. The maximum atomic E-state index is 2.49. The third-order valence-corrected chi connectivity index (χ3v) is 6.19. The first-order chi connectivity index (χ1) is 12.6. The van der Waals surface area contributed by atoms with Crippen LogP contribution >= 0.6 is 0 Å². The normalized spacial score (nSPS) is 16.4. The van der Waals surface area contributed by atoms with Crippen molar-refractivity contribution in [1.29, 1.82) is 0 Å². The minimum atomic E-state index is 0.180. The highest BCUT2D eigenvalue weighted by molar-refractivity contribution is 5.80. The first-order valence-corrected chi connectivity index (χ1v) is 10.3. The number of hydrogen-bond donors (Lipinski definition) is 0. The Hall–Kier alpha value is -2.08. The summed E-state index contributed by atoms with van der Waals surface area (Å²) in [5.74, 6) is 0.478. The Morgan fingerprint density at radius 2 is 1.30 bits per heavy atom. The van der Waals surface area contributed by atoms with Crippen LogP contribution in [-0.2, 0) is 10.8 Å². The maximum Gasteiger partial charge on any atom is 0.0139 e. The first-order valence-electron chi connectivity index (χ1n) is 10.3. The van der Waals surface area contributed by atoms with E-state index in [1.807, 2.05) is 0 Å². The molecule has 0 unspecified atom stereocenters. The summed E-state index contributed by atoms with van der Waals surface area (Å²) in [4.78, 5) is 0. The van der Waals surface area contributed by atoms with E-state index in [2.05, 4.69) is 96.2 Å². The van der Waals surface area contributed by atoms with Crippen LogP contribution in [0.25, 0.3) is 11.1 Å². The van der Waals surface area contributed by atoms with Gasteiger partial charge in [-0.15, -0.1) is 0 Å². The van der Waals surface area contributed by atoms with E-state index in [9.17, 15) is 0 Å². The van der Waals surface area contributed by atoms with Gasteiger partial charge in [0, 0.05) is 5.92 Å². The first kappa shape index (κ1) is 18.3. The molecule has 0 aliphatic heterocycles. The largest absolute Gasteiger partial charge is 0.0805 e. The summed E-state index contributed by atoms with van der Waals surface area (Å²) in [6.07, 6.45) is 9.05. The van der Waals surface area contributed by atoms with Crippen LogP contribution in [0, 0.1) is 0 Å². The Kier molecular flexibility index (Phi) is 4.22. The van der Waals surface area contributed by atoms with E-state index >= 15 is 0 Å². The molecule has 2 aliphatic carbocycles. The van der Waals surface area contributed by atoms with Gasteiger partial charge in [-0.2, -0.15) is 0 Å². The lowest BCUT2D eigenvalue weighted by Crippen LogP contribution is -2.12. The van der Waals surface area contributed by atoms with Gasteiger partial charge in [-0.1, -0.05) is 102 Å². The number of benzene rings is 2. The molecule has 0 nitrogen and oxygen atoms in total. The van der Waals surface area contributed by atoms with E-state index < -0.39 is 0 Å². The van der Waals surface area contributed by atoms with Gasteiger partial charge in [-0.25, -0.2) is 0 Å². The van der Waals surface area contributed by atoms with Crippen molar-refractivity contribution in [2.45, 2.75) is 71.1 Å². The van der Waals surface area contributed by atoms with Crippen LogP contribution in [0.2, 0.25) is 0 Å². The molecule has 27 heavy (non-hydrogen) atoms. The molecular formula is C27H32. The molecule has 0 spiro atoms. The standard InChI is InChI=1S/C27H32/c1-26(2,3)19-11-13-21-22-14-12-20(27(4,5)6)17-25(22)23(24(21)16-19)15-18-9-7-8-10-18/h7-9,11-14,16-17,23H,10,15H2,1-6H3. The molecule has 0 saturated heterocycles. The summed E-state index contributed by atoms with van der Waals surface area (Å²) in [7, 11) is 0. The predicted molar refractivity (Wildman–Crippen MR) is 118 cm³/mol. The Labute approximate surface area is 165 Å². The van der Waals surface area contributed by atoms with E-state index in [-0.39, 0.29) is 10.8 Å². The lowest BCUT2D eigenvalue weighted by Gasteiger charge is -2.23. The zero-order valence-electron chi connectivity index (χ0n) is 17.7. The molecule has 0 amide bonds. The van der Waals surface area contributed by atoms with E-state index in [1.165, 1.54) is 33.4 Å². The van der Waals surface area contributed by atoms with Gasteiger partial charge in [-0.3, -0.25) is 0 Å². The summed E-state index contributed by atoms with van der Waals surface area (Å²) >= 11 is 0. The van der Waals surface area contributed by atoms with Gasteiger partial charge in [0.05, 0.1) is 0 Å². The van der Waals surface area contributed by atoms with Gasteiger partial charge in [0.2, 0.25) is 0 Å². The van der Waals surface area contributed by atoms with Crippen molar-refractivity contribution in [3.8, 4) is 11.1 Å². The third kappa shape index (κ3) is 3.31. The van der Waals surface area contributed by atoms with Crippen molar-refractivity contribution < 1.29 is 0 Å². The molecule has 0 bridgehead atoms. The topological polar surface area (TPSA) is 0 Å². The van der Waals surface area contributed by atoms with Crippen LogP contribution < -0.4 is 0 Å². The predicted octanol–water partition coefficient (Wildman–Crippen LogP) is 7.67. The van der Waals surface area contributed by atoms with Crippen molar-refractivity contribution in [1.82, 2.24) is 0 Å². The fourth-order valence-corrected chi connectivity index (χ4v) is 4.42. The molecule has 0 N–H and O–H groups in total. The monoisotopic (exact) mass is 356 g/mol. The van der Waals surface area contributed by atoms with E-state index in [4.69, 9.17) is 0 Å². The molecule has 2 aromatic rings. The summed E-state index contributed by atoms with van der Waals surface area (Å²) < 4.78 is 0. The molecule has 0 aromatic heterocycles. The summed E-state index contributed by atoms with van der Waals surface area (Å²) in [6.45, 7) is 13.9. The van der Waals surface area contributed by atoms with Gasteiger partial charge in [-0.05, 0) is 57.1 Å². The SMILES string of the molecule is CC(C)(C)c1ccc2c(c1)C(CC1=CC=CC1)c1cc(C(C)(C)C)ccc1-2. The van der Waals surface area contributed by atoms with Crippen LogP contribution in [0.3, 0.4) is 0 Å². The quantitative estimate of drug-likeness (QED) is 0.518. The molecule has 0 heteroatoms. The third-order valence-electron chi connectivity index (χ3n) is 6.19. The number of rotatable bonds is 2. The van der Waals surface area contributed by atoms with Crippen LogP contribution in [0.15, 0.2) is 60.2 Å². The van der Waals surface area contributed by atoms with Crippen molar-refractivity contribution in [3.63, 3.8) is 0 Å². The van der Waals surface area contributed by atoms with Gasteiger partial charge < -0.3 is 0 Å². The Bertz CT molecular complexity index is 875. The second kappa shape index (κ2) is 6.23. The summed E-state index contributed by atoms with van der Waals surface area (Å²) in [6, 6.07) is 14.4. The van der Waals surface area contributed by atoms with Crippen molar-refractivity contribution in [2.75, 3.05) is 0 Å². The molecule has 140 valence electrons. The molecule has 0 atom stereocenters. The number of allylic oxidation sites excluding steroid dienone is 4. The fourth-order valence-electron chi connectivity index (χ4n) is 4.42. The summed E-state index contributed by atoms with van der Waals surface area (Å²) in [5.41, 5.74) is 10.7. The van der Waals surface area contributed by atoms with Crippen LogP contribution in [0.5, 0.6) is 0 Å². The van der Waals surface area contributed by atoms with Crippen molar-refractivity contribution in [3.05, 3.63) is 82.5 Å². The highest BCUT2D eigenvalue weighted by Gasteiger charge is 2.32. The molecule has 2 aliphatic rings. The zero-order chi connectivity index (χ0) is 19.4. The smallest absolute Gasteiger partial charge is 0.0139 e. The van der Waals surface area contributed by atoms with Gasteiger partial charge in [0.25, 0.3) is 0 Å². The Morgan fingerprint density at radius 1 is 0.778 bits per heavy atom. The number of fused-ring (bicyclic) bond motifs is 3. The second-order valence-corrected chi connectivity index (χ2v) is 10.3. The van der Waals surface area contributed by atoms with E-state index in [0.29, 0.717) is 5.92 Å². The van der Waals surface area contributed by atoms with E-state index in [1.54, 1.807) is 5.57 Å². The molecule has 0 heterocycles. The molecular weight excluding hydrogens is 324 g/mol. The van der Waals surface area contributed by atoms with Crippen molar-refractivity contribution >= 4 is 0 Å². The number of hydrogen-bond acceptors (Lipinski definition) is 0. The van der Waals surface area contributed by atoms with Crippen molar-refractivity contribution in [2.24, 2.45) is 0 Å². The Balaban J connectivity index is 1.85. The average Bonchev–Trinajstić information content (AvgIpc) is 3.20. The van der Waals surface area contributed by atoms with Crippen LogP contribution in [0.4, 0.5) is 0 Å². The molecule has 0 radical (unpaired) electrons. The minimum Gasteiger partial charge on any atom is -0.0805 e.